The summed E-state index contributed by atoms with van der Waals surface area (Å²) in [7, 11) is 0. The van der Waals surface area contributed by atoms with Crippen LogP contribution in [0.4, 0.5) is 5.69 Å². The van der Waals surface area contributed by atoms with Crippen LogP contribution in [0.5, 0.6) is 5.75 Å². The van der Waals surface area contributed by atoms with Gasteiger partial charge in [-0.1, -0.05) is 42.2 Å². The normalized spacial score (nSPS) is 22.9. The Morgan fingerprint density at radius 2 is 2.15 bits per heavy atom. The lowest BCUT2D eigenvalue weighted by Crippen LogP contribution is -2.39. The van der Waals surface area contributed by atoms with Crippen molar-refractivity contribution in [1.29, 1.82) is 0 Å². The molecule has 1 aromatic carbocycles. The Morgan fingerprint density at radius 1 is 1.35 bits per heavy atom. The van der Waals surface area contributed by atoms with Gasteiger partial charge in [-0.25, -0.2) is 0 Å². The highest BCUT2D eigenvalue weighted by Gasteiger charge is 2.38. The van der Waals surface area contributed by atoms with Crippen LogP contribution in [0.2, 0.25) is 0 Å². The molecule has 0 N–H and O–H groups in total. The Bertz CT molecular complexity index is 463. The van der Waals surface area contributed by atoms with Gasteiger partial charge >= 0.3 is 0 Å². The van der Waals surface area contributed by atoms with E-state index in [1.54, 1.807) is 11.8 Å². The number of fused-ring (bicyclic) bond motifs is 1. The fraction of sp³-hybridized carbons (Fsp3) is 0.600. The standard InChI is InChI=1S/C15H20N2OS2/c1-2-18-12-9-6-10-13-14(12)17(15(19-13)20-16)11-7-4-3-5-8-11/h6,9-11,15H,2-5,7-8H2,1H3. The molecule has 1 fully saturated rings. The molecule has 108 valence electrons. The first kappa shape index (κ1) is 14.4. The molecule has 0 spiro atoms. The first-order chi connectivity index (χ1) is 9.85. The average molecular weight is 308 g/mol. The molecule has 0 aromatic heterocycles. The first-order valence-corrected chi connectivity index (χ1v) is 9.07. The number of anilines is 1. The SMILES string of the molecule is CCOc1cccc2c1N(C1CCCCC1)C(S[N])S2. The van der Waals surface area contributed by atoms with E-state index in [-0.39, 0.29) is 4.71 Å². The third-order valence-electron chi connectivity index (χ3n) is 4.03. The van der Waals surface area contributed by atoms with Gasteiger partial charge in [0.1, 0.15) is 10.5 Å². The molecule has 1 heterocycles. The molecule has 20 heavy (non-hydrogen) atoms. The van der Waals surface area contributed by atoms with Gasteiger partial charge in [-0.05, 0) is 43.8 Å². The molecule has 1 atom stereocenters. The maximum absolute atomic E-state index is 9.67. The summed E-state index contributed by atoms with van der Waals surface area (Å²) in [6.45, 7) is 2.70. The number of rotatable bonds is 4. The summed E-state index contributed by atoms with van der Waals surface area (Å²) in [6.07, 6.45) is 6.37. The number of ether oxygens (including phenoxy) is 1. The maximum Gasteiger partial charge on any atom is 0.144 e. The van der Waals surface area contributed by atoms with Crippen LogP contribution in [-0.4, -0.2) is 17.4 Å². The molecule has 0 bridgehead atoms. The molecule has 0 saturated heterocycles. The Kier molecular flexibility index (Phi) is 4.68. The topological polar surface area (TPSA) is 34.8 Å². The molecule has 3 nitrogen and oxygen atoms in total. The lowest BCUT2D eigenvalue weighted by molar-refractivity contribution is 0.337. The van der Waals surface area contributed by atoms with Gasteiger partial charge in [-0.15, -0.1) is 0 Å². The lowest BCUT2D eigenvalue weighted by Gasteiger charge is -2.36. The van der Waals surface area contributed by atoms with Crippen LogP contribution in [0, 0.1) is 0 Å². The third kappa shape index (κ3) is 2.63. The number of benzene rings is 1. The van der Waals surface area contributed by atoms with Crippen LogP contribution in [-0.2, 0) is 0 Å². The van der Waals surface area contributed by atoms with Crippen molar-refractivity contribution in [1.82, 2.24) is 5.14 Å². The number of para-hydroxylation sites is 1. The van der Waals surface area contributed by atoms with Crippen LogP contribution in [0.1, 0.15) is 39.0 Å². The van der Waals surface area contributed by atoms with Crippen molar-refractivity contribution in [2.75, 3.05) is 11.5 Å². The van der Waals surface area contributed by atoms with Crippen LogP contribution in [0.25, 0.3) is 0 Å². The number of hydrogen-bond acceptors (Lipinski definition) is 4. The minimum absolute atomic E-state index is 0.0645. The average Bonchev–Trinajstić information content (AvgIpc) is 2.88. The van der Waals surface area contributed by atoms with Gasteiger partial charge < -0.3 is 9.64 Å². The summed E-state index contributed by atoms with van der Waals surface area (Å²) in [5, 5.41) is 9.67. The Morgan fingerprint density at radius 3 is 2.85 bits per heavy atom. The molecule has 2 aliphatic rings. The Balaban J connectivity index is 1.95. The zero-order valence-corrected chi connectivity index (χ0v) is 13.4. The molecule has 2 radical (unpaired) electrons. The molecule has 5 heteroatoms. The van der Waals surface area contributed by atoms with E-state index in [4.69, 9.17) is 4.74 Å². The molecule has 0 amide bonds. The van der Waals surface area contributed by atoms with Crippen molar-refractivity contribution >= 4 is 29.4 Å². The van der Waals surface area contributed by atoms with Crippen LogP contribution in [0.15, 0.2) is 23.1 Å². The third-order valence-corrected chi connectivity index (χ3v) is 6.00. The molecule has 1 saturated carbocycles. The van der Waals surface area contributed by atoms with Crippen molar-refractivity contribution in [3.63, 3.8) is 0 Å². The lowest BCUT2D eigenvalue weighted by atomic mass is 9.94. The zero-order chi connectivity index (χ0) is 13.9. The predicted octanol–water partition coefficient (Wildman–Crippen LogP) is 4.33. The van der Waals surface area contributed by atoms with E-state index in [1.807, 2.05) is 19.1 Å². The van der Waals surface area contributed by atoms with Gasteiger partial charge in [0.15, 0.2) is 0 Å². The summed E-state index contributed by atoms with van der Waals surface area (Å²) in [5.41, 5.74) is 1.19. The molecular formula is C15H20N2OS2. The van der Waals surface area contributed by atoms with Gasteiger partial charge in [0.05, 0.1) is 12.3 Å². The molecule has 1 aromatic rings. The minimum atomic E-state index is 0.0645. The van der Waals surface area contributed by atoms with Crippen molar-refractivity contribution in [2.45, 2.75) is 54.7 Å². The fourth-order valence-electron chi connectivity index (χ4n) is 3.18. The minimum Gasteiger partial charge on any atom is -0.492 e. The van der Waals surface area contributed by atoms with E-state index in [0.717, 1.165) is 17.7 Å². The van der Waals surface area contributed by atoms with Gasteiger partial charge in [-0.2, -0.15) is 0 Å². The second-order valence-electron chi connectivity index (χ2n) is 5.27. The zero-order valence-electron chi connectivity index (χ0n) is 11.7. The number of hydrogen-bond donors (Lipinski definition) is 0. The van der Waals surface area contributed by atoms with E-state index in [9.17, 15) is 5.14 Å². The van der Waals surface area contributed by atoms with Crippen molar-refractivity contribution in [2.24, 2.45) is 0 Å². The predicted molar refractivity (Wildman–Crippen MR) is 86.3 cm³/mol. The summed E-state index contributed by atoms with van der Waals surface area (Å²) < 4.78 is 5.88. The van der Waals surface area contributed by atoms with Gasteiger partial charge in [-0.3, -0.25) is 0 Å². The van der Waals surface area contributed by atoms with Crippen molar-refractivity contribution in [3.8, 4) is 5.75 Å². The van der Waals surface area contributed by atoms with E-state index >= 15 is 0 Å². The second-order valence-corrected chi connectivity index (χ2v) is 7.34. The monoisotopic (exact) mass is 308 g/mol. The summed E-state index contributed by atoms with van der Waals surface area (Å²) >= 11 is 2.69. The quantitative estimate of drug-likeness (QED) is 0.775. The van der Waals surface area contributed by atoms with Crippen LogP contribution < -0.4 is 14.8 Å². The first-order valence-electron chi connectivity index (χ1n) is 7.36. The van der Waals surface area contributed by atoms with E-state index in [2.05, 4.69) is 11.0 Å². The van der Waals surface area contributed by atoms with E-state index in [1.165, 1.54) is 42.7 Å². The summed E-state index contributed by atoms with van der Waals surface area (Å²) in [5.74, 6) is 0.958. The number of thioether (sulfide) groups is 1. The highest BCUT2D eigenvalue weighted by Crippen LogP contribution is 2.53. The van der Waals surface area contributed by atoms with Crippen LogP contribution >= 0.6 is 23.7 Å². The Labute approximate surface area is 129 Å². The second kappa shape index (κ2) is 6.50. The van der Waals surface area contributed by atoms with E-state index in [0.29, 0.717) is 12.6 Å². The Hall–Kier alpha value is -0.520. The summed E-state index contributed by atoms with van der Waals surface area (Å²) in [4.78, 5) is 3.63. The van der Waals surface area contributed by atoms with Crippen molar-refractivity contribution < 1.29 is 4.74 Å². The molecule has 1 aliphatic heterocycles. The van der Waals surface area contributed by atoms with Gasteiger partial charge in [0.2, 0.25) is 0 Å². The highest BCUT2D eigenvalue weighted by atomic mass is 32.2. The molecule has 1 aliphatic carbocycles. The highest BCUT2D eigenvalue weighted by molar-refractivity contribution is 8.16. The molecule has 1 unspecified atom stereocenters. The van der Waals surface area contributed by atoms with Crippen molar-refractivity contribution in [3.05, 3.63) is 18.2 Å². The van der Waals surface area contributed by atoms with Crippen LogP contribution in [0.3, 0.4) is 0 Å². The largest absolute Gasteiger partial charge is 0.492 e. The smallest absolute Gasteiger partial charge is 0.144 e. The molecular weight excluding hydrogens is 288 g/mol. The van der Waals surface area contributed by atoms with Gasteiger partial charge in [0, 0.05) is 10.9 Å². The van der Waals surface area contributed by atoms with E-state index < -0.39 is 0 Å². The van der Waals surface area contributed by atoms with Gasteiger partial charge in [0.25, 0.3) is 0 Å². The maximum atomic E-state index is 9.67. The molecule has 3 rings (SSSR count). The fourth-order valence-corrected chi connectivity index (χ4v) is 5.13. The summed E-state index contributed by atoms with van der Waals surface area (Å²) in [6, 6.07) is 6.75. The number of nitrogens with zero attached hydrogens (tertiary/aromatic N) is 2.